The van der Waals surface area contributed by atoms with Crippen LogP contribution in [0.4, 0.5) is 0 Å². The monoisotopic (exact) mass is 364 g/mol. The number of hydrogen-bond donors (Lipinski definition) is 4. The smallest absolute Gasteiger partial charge is 0.326 e. The van der Waals surface area contributed by atoms with Crippen LogP contribution >= 0.6 is 0 Å². The van der Waals surface area contributed by atoms with Gasteiger partial charge in [0.1, 0.15) is 12.1 Å². The predicted octanol–water partition coefficient (Wildman–Crippen LogP) is 1.36. The molecular formula is C18H24N2O6. The molecule has 0 unspecified atom stereocenters. The summed E-state index contributed by atoms with van der Waals surface area (Å²) in [5, 5.41) is 23.1. The highest BCUT2D eigenvalue weighted by atomic mass is 16.4. The van der Waals surface area contributed by atoms with Crippen LogP contribution in [-0.4, -0.2) is 46.0 Å². The average Bonchev–Trinajstić information content (AvgIpc) is 2.55. The maximum atomic E-state index is 12.3. The fourth-order valence-electron chi connectivity index (χ4n) is 2.28. The molecule has 0 aromatic heterocycles. The number of hydrogen-bond acceptors (Lipinski definition) is 4. The van der Waals surface area contributed by atoms with E-state index in [2.05, 4.69) is 10.6 Å². The van der Waals surface area contributed by atoms with Crippen LogP contribution in [0.2, 0.25) is 0 Å². The van der Waals surface area contributed by atoms with E-state index in [1.54, 1.807) is 27.7 Å². The molecule has 1 rings (SSSR count). The number of nitrogens with one attached hydrogen (secondary N) is 2. The van der Waals surface area contributed by atoms with Gasteiger partial charge >= 0.3 is 11.9 Å². The summed E-state index contributed by atoms with van der Waals surface area (Å²) in [5.41, 5.74) is 0.224. The number of carbonyl (C=O) groups is 4. The molecule has 0 aliphatic carbocycles. The third-order valence-electron chi connectivity index (χ3n) is 3.83. The Kier molecular flexibility index (Phi) is 7.30. The molecular weight excluding hydrogens is 340 g/mol. The number of aliphatic carboxylic acids is 2. The lowest BCUT2D eigenvalue weighted by molar-refractivity contribution is -0.141. The van der Waals surface area contributed by atoms with Crippen LogP contribution in [0.1, 0.15) is 48.4 Å². The first-order valence-electron chi connectivity index (χ1n) is 8.22. The van der Waals surface area contributed by atoms with Gasteiger partial charge in [-0.15, -0.1) is 0 Å². The molecule has 1 aromatic carbocycles. The maximum Gasteiger partial charge on any atom is 0.326 e. The Labute approximate surface area is 151 Å². The molecule has 0 aliphatic heterocycles. The van der Waals surface area contributed by atoms with Crippen LogP contribution in [0.25, 0.3) is 0 Å². The first-order valence-corrected chi connectivity index (χ1v) is 8.22. The van der Waals surface area contributed by atoms with E-state index in [1.807, 2.05) is 0 Å². The Morgan fingerprint density at radius 1 is 0.769 bits per heavy atom. The lowest BCUT2D eigenvalue weighted by Crippen LogP contribution is -2.45. The molecule has 4 N–H and O–H groups in total. The maximum absolute atomic E-state index is 12.3. The standard InChI is InChI=1S/C18H24N2O6/c1-9(2)13(17(23)24)19-15(21)11-6-5-7-12(8-11)16(22)20-14(10(3)4)18(25)26/h5-10,13-14H,1-4H3,(H,19,21)(H,20,22)(H,23,24)(H,25,26)/t13-,14-/m1/s1. The second-order valence-electron chi connectivity index (χ2n) is 6.65. The number of carboxylic acids is 2. The summed E-state index contributed by atoms with van der Waals surface area (Å²) < 4.78 is 0. The van der Waals surface area contributed by atoms with Gasteiger partial charge in [-0.05, 0) is 30.0 Å². The molecule has 0 spiro atoms. The molecule has 142 valence electrons. The molecule has 0 radical (unpaired) electrons. The van der Waals surface area contributed by atoms with Crippen molar-refractivity contribution in [3.8, 4) is 0 Å². The van der Waals surface area contributed by atoms with E-state index in [1.165, 1.54) is 24.3 Å². The SMILES string of the molecule is CC(C)[C@@H](NC(=O)c1cccc(C(=O)N[C@@H](C(=O)O)C(C)C)c1)C(=O)O. The average molecular weight is 364 g/mol. The molecule has 26 heavy (non-hydrogen) atoms. The largest absolute Gasteiger partial charge is 0.480 e. The summed E-state index contributed by atoms with van der Waals surface area (Å²) in [6.45, 7) is 6.67. The van der Waals surface area contributed by atoms with Gasteiger partial charge in [0.2, 0.25) is 0 Å². The van der Waals surface area contributed by atoms with Gasteiger partial charge in [-0.25, -0.2) is 9.59 Å². The second-order valence-corrected chi connectivity index (χ2v) is 6.65. The van der Waals surface area contributed by atoms with E-state index in [0.29, 0.717) is 0 Å². The Balaban J connectivity index is 2.96. The van der Waals surface area contributed by atoms with E-state index in [0.717, 1.165) is 0 Å². The summed E-state index contributed by atoms with van der Waals surface area (Å²) in [6, 6.07) is 3.54. The van der Waals surface area contributed by atoms with Crippen molar-refractivity contribution in [2.45, 2.75) is 39.8 Å². The van der Waals surface area contributed by atoms with E-state index in [9.17, 15) is 19.2 Å². The van der Waals surface area contributed by atoms with Gasteiger partial charge in [-0.2, -0.15) is 0 Å². The normalized spacial score (nSPS) is 13.2. The van der Waals surface area contributed by atoms with Crippen LogP contribution in [0, 0.1) is 11.8 Å². The summed E-state index contributed by atoms with van der Waals surface area (Å²) in [6.07, 6.45) is 0. The molecule has 2 amide bonds. The highest BCUT2D eigenvalue weighted by molar-refractivity contribution is 6.01. The Hall–Kier alpha value is -2.90. The summed E-state index contributed by atoms with van der Waals surface area (Å²) >= 11 is 0. The minimum absolute atomic E-state index is 0.112. The van der Waals surface area contributed by atoms with Crippen molar-refractivity contribution < 1.29 is 29.4 Å². The molecule has 8 heteroatoms. The fourth-order valence-corrected chi connectivity index (χ4v) is 2.28. The molecule has 0 fully saturated rings. The van der Waals surface area contributed by atoms with Crippen molar-refractivity contribution in [3.63, 3.8) is 0 Å². The Morgan fingerprint density at radius 2 is 1.12 bits per heavy atom. The van der Waals surface area contributed by atoms with E-state index >= 15 is 0 Å². The number of amides is 2. The molecule has 0 saturated carbocycles. The molecule has 0 heterocycles. The van der Waals surface area contributed by atoms with Gasteiger partial charge in [0.05, 0.1) is 0 Å². The zero-order valence-electron chi connectivity index (χ0n) is 15.1. The van der Waals surface area contributed by atoms with Crippen molar-refractivity contribution >= 4 is 23.8 Å². The van der Waals surface area contributed by atoms with Crippen molar-refractivity contribution in [1.82, 2.24) is 10.6 Å². The van der Waals surface area contributed by atoms with Crippen LogP contribution in [-0.2, 0) is 9.59 Å². The quantitative estimate of drug-likeness (QED) is 0.550. The molecule has 2 atom stereocenters. The lowest BCUT2D eigenvalue weighted by Gasteiger charge is -2.19. The van der Waals surface area contributed by atoms with Crippen molar-refractivity contribution in [2.24, 2.45) is 11.8 Å². The van der Waals surface area contributed by atoms with Crippen LogP contribution < -0.4 is 10.6 Å². The number of rotatable bonds is 8. The van der Waals surface area contributed by atoms with Gasteiger partial charge in [-0.1, -0.05) is 33.8 Å². The highest BCUT2D eigenvalue weighted by Gasteiger charge is 2.26. The number of carboxylic acid groups (broad SMARTS) is 2. The van der Waals surface area contributed by atoms with E-state index in [-0.39, 0.29) is 23.0 Å². The van der Waals surface area contributed by atoms with Gasteiger partial charge in [0.25, 0.3) is 11.8 Å². The highest BCUT2D eigenvalue weighted by Crippen LogP contribution is 2.10. The van der Waals surface area contributed by atoms with Gasteiger partial charge < -0.3 is 20.8 Å². The zero-order valence-corrected chi connectivity index (χ0v) is 15.1. The Morgan fingerprint density at radius 3 is 1.38 bits per heavy atom. The van der Waals surface area contributed by atoms with Crippen molar-refractivity contribution in [3.05, 3.63) is 35.4 Å². The molecule has 0 aliphatic rings. The van der Waals surface area contributed by atoms with Gasteiger partial charge in [0, 0.05) is 11.1 Å². The van der Waals surface area contributed by atoms with E-state index < -0.39 is 35.8 Å². The first-order chi connectivity index (χ1) is 12.0. The van der Waals surface area contributed by atoms with Crippen LogP contribution in [0.15, 0.2) is 24.3 Å². The van der Waals surface area contributed by atoms with Crippen LogP contribution in [0.3, 0.4) is 0 Å². The molecule has 0 bridgehead atoms. The Bertz CT molecular complexity index is 643. The first kappa shape index (κ1) is 21.1. The third-order valence-corrected chi connectivity index (χ3v) is 3.83. The lowest BCUT2D eigenvalue weighted by atomic mass is 10.0. The minimum atomic E-state index is -1.15. The third kappa shape index (κ3) is 5.58. The summed E-state index contributed by atoms with van der Waals surface area (Å²) in [7, 11) is 0. The fraction of sp³-hybridized carbons (Fsp3) is 0.444. The predicted molar refractivity (Wildman–Crippen MR) is 93.9 cm³/mol. The number of carbonyl (C=O) groups excluding carboxylic acids is 2. The molecule has 1 aromatic rings. The van der Waals surface area contributed by atoms with Crippen LogP contribution in [0.5, 0.6) is 0 Å². The number of benzene rings is 1. The van der Waals surface area contributed by atoms with Crippen molar-refractivity contribution in [1.29, 1.82) is 0 Å². The van der Waals surface area contributed by atoms with E-state index in [4.69, 9.17) is 10.2 Å². The summed E-state index contributed by atoms with van der Waals surface area (Å²) in [5.74, 6) is -4.18. The van der Waals surface area contributed by atoms with Gasteiger partial charge in [-0.3, -0.25) is 9.59 Å². The second kappa shape index (κ2) is 8.98. The van der Waals surface area contributed by atoms with Gasteiger partial charge in [0.15, 0.2) is 0 Å². The summed E-state index contributed by atoms with van der Waals surface area (Å²) in [4.78, 5) is 46.9. The minimum Gasteiger partial charge on any atom is -0.480 e. The molecule has 0 saturated heterocycles. The topological polar surface area (TPSA) is 133 Å². The zero-order chi connectivity index (χ0) is 20.0. The van der Waals surface area contributed by atoms with Crippen molar-refractivity contribution in [2.75, 3.05) is 0 Å². The molecule has 8 nitrogen and oxygen atoms in total.